The Hall–Kier alpha value is -1.55. The zero-order valence-corrected chi connectivity index (χ0v) is 9.95. The summed E-state index contributed by atoms with van der Waals surface area (Å²) in [5.41, 5.74) is 10.1. The standard InChI is InChI=1S/C12H17N3O/c1-4-15-9(3)12(8(2)14-15)10-5-6-16-11(10)7-13/h5-6H,4,7,13H2,1-3H3. The lowest BCUT2D eigenvalue weighted by molar-refractivity contribution is 0.513. The van der Waals surface area contributed by atoms with E-state index in [4.69, 9.17) is 10.2 Å². The number of aromatic nitrogens is 2. The number of hydrogen-bond donors (Lipinski definition) is 1. The molecule has 0 unspecified atom stereocenters. The van der Waals surface area contributed by atoms with Crippen molar-refractivity contribution in [2.75, 3.05) is 0 Å². The molecule has 0 radical (unpaired) electrons. The molecule has 0 bridgehead atoms. The lowest BCUT2D eigenvalue weighted by atomic mass is 10.0. The van der Waals surface area contributed by atoms with Crippen LogP contribution in [0.5, 0.6) is 0 Å². The highest BCUT2D eigenvalue weighted by molar-refractivity contribution is 5.70. The molecule has 86 valence electrons. The Balaban J connectivity index is 2.60. The first kappa shape index (κ1) is 11.0. The lowest BCUT2D eigenvalue weighted by Crippen LogP contribution is -1.99. The second-order valence-corrected chi connectivity index (χ2v) is 3.82. The molecular weight excluding hydrogens is 202 g/mol. The van der Waals surface area contributed by atoms with Gasteiger partial charge in [0.1, 0.15) is 5.76 Å². The quantitative estimate of drug-likeness (QED) is 0.861. The third-order valence-corrected chi connectivity index (χ3v) is 2.88. The summed E-state index contributed by atoms with van der Waals surface area (Å²) in [5.74, 6) is 0.821. The van der Waals surface area contributed by atoms with Crippen LogP contribution in [0.15, 0.2) is 16.7 Å². The molecule has 0 aliphatic rings. The maximum atomic E-state index is 5.65. The van der Waals surface area contributed by atoms with E-state index in [0.29, 0.717) is 6.54 Å². The second kappa shape index (κ2) is 4.14. The molecule has 2 rings (SSSR count). The Morgan fingerprint density at radius 2 is 2.19 bits per heavy atom. The summed E-state index contributed by atoms with van der Waals surface area (Å²) >= 11 is 0. The molecular formula is C12H17N3O. The molecule has 0 atom stereocenters. The van der Waals surface area contributed by atoms with Crippen LogP contribution in [0, 0.1) is 13.8 Å². The minimum Gasteiger partial charge on any atom is -0.467 e. The summed E-state index contributed by atoms with van der Waals surface area (Å²) in [5, 5.41) is 4.49. The van der Waals surface area contributed by atoms with Gasteiger partial charge in [0.05, 0.1) is 18.5 Å². The zero-order chi connectivity index (χ0) is 11.7. The van der Waals surface area contributed by atoms with Gasteiger partial charge in [-0.15, -0.1) is 0 Å². The van der Waals surface area contributed by atoms with Crippen molar-refractivity contribution >= 4 is 0 Å². The summed E-state index contributed by atoms with van der Waals surface area (Å²) in [6.45, 7) is 7.47. The topological polar surface area (TPSA) is 57.0 Å². The van der Waals surface area contributed by atoms with Crippen LogP contribution in [0.4, 0.5) is 0 Å². The van der Waals surface area contributed by atoms with E-state index < -0.39 is 0 Å². The van der Waals surface area contributed by atoms with Gasteiger partial charge >= 0.3 is 0 Å². The summed E-state index contributed by atoms with van der Waals surface area (Å²) in [4.78, 5) is 0. The third kappa shape index (κ3) is 1.55. The molecule has 0 saturated carbocycles. The summed E-state index contributed by atoms with van der Waals surface area (Å²) in [7, 11) is 0. The molecule has 0 aromatic carbocycles. The van der Waals surface area contributed by atoms with Crippen LogP contribution in [0.1, 0.15) is 24.1 Å². The zero-order valence-electron chi connectivity index (χ0n) is 9.95. The fourth-order valence-corrected chi connectivity index (χ4v) is 2.12. The highest BCUT2D eigenvalue weighted by atomic mass is 16.3. The minimum absolute atomic E-state index is 0.415. The van der Waals surface area contributed by atoms with Gasteiger partial charge < -0.3 is 10.2 Å². The molecule has 2 N–H and O–H groups in total. The van der Waals surface area contributed by atoms with Gasteiger partial charge in [-0.05, 0) is 26.8 Å². The van der Waals surface area contributed by atoms with Crippen LogP contribution in [-0.4, -0.2) is 9.78 Å². The normalized spacial score (nSPS) is 11.0. The van der Waals surface area contributed by atoms with Crippen molar-refractivity contribution in [3.63, 3.8) is 0 Å². The number of hydrogen-bond acceptors (Lipinski definition) is 3. The first-order chi connectivity index (χ1) is 7.69. The monoisotopic (exact) mass is 219 g/mol. The van der Waals surface area contributed by atoms with Gasteiger partial charge in [-0.2, -0.15) is 5.10 Å². The maximum Gasteiger partial charge on any atom is 0.125 e. The molecule has 0 aliphatic heterocycles. The fourth-order valence-electron chi connectivity index (χ4n) is 2.12. The molecule has 4 heteroatoms. The molecule has 2 aromatic rings. The summed E-state index contributed by atoms with van der Waals surface area (Å²) in [6.07, 6.45) is 1.68. The van der Waals surface area contributed by atoms with Gasteiger partial charge in [0.2, 0.25) is 0 Å². The Morgan fingerprint density at radius 3 is 2.75 bits per heavy atom. The smallest absolute Gasteiger partial charge is 0.125 e. The molecule has 2 heterocycles. The average Bonchev–Trinajstić information content (AvgIpc) is 2.83. The van der Waals surface area contributed by atoms with Gasteiger partial charge in [-0.25, -0.2) is 0 Å². The van der Waals surface area contributed by atoms with E-state index in [9.17, 15) is 0 Å². The van der Waals surface area contributed by atoms with E-state index in [2.05, 4.69) is 18.9 Å². The second-order valence-electron chi connectivity index (χ2n) is 3.82. The molecule has 2 aromatic heterocycles. The number of furan rings is 1. The SMILES string of the molecule is CCn1nc(C)c(-c2ccoc2CN)c1C. The minimum atomic E-state index is 0.415. The molecule has 0 amide bonds. The molecule has 0 spiro atoms. The van der Waals surface area contributed by atoms with Crippen LogP contribution in [-0.2, 0) is 13.1 Å². The molecule has 0 saturated heterocycles. The molecule has 4 nitrogen and oxygen atoms in total. The van der Waals surface area contributed by atoms with Gasteiger partial charge in [0.15, 0.2) is 0 Å². The average molecular weight is 219 g/mol. The Kier molecular flexibility index (Phi) is 2.83. The Labute approximate surface area is 95.1 Å². The lowest BCUT2D eigenvalue weighted by Gasteiger charge is -2.02. The van der Waals surface area contributed by atoms with Crippen molar-refractivity contribution in [2.24, 2.45) is 5.73 Å². The first-order valence-electron chi connectivity index (χ1n) is 5.49. The van der Waals surface area contributed by atoms with E-state index in [1.54, 1.807) is 6.26 Å². The third-order valence-electron chi connectivity index (χ3n) is 2.88. The fraction of sp³-hybridized carbons (Fsp3) is 0.417. The number of aryl methyl sites for hydroxylation is 2. The van der Waals surface area contributed by atoms with Crippen LogP contribution in [0.3, 0.4) is 0 Å². The van der Waals surface area contributed by atoms with Crippen molar-refractivity contribution in [3.8, 4) is 11.1 Å². The molecule has 0 aliphatic carbocycles. The van der Waals surface area contributed by atoms with Crippen LogP contribution >= 0.6 is 0 Å². The van der Waals surface area contributed by atoms with Crippen LogP contribution < -0.4 is 5.73 Å². The number of nitrogens with zero attached hydrogens (tertiary/aromatic N) is 2. The highest BCUT2D eigenvalue weighted by Gasteiger charge is 2.16. The number of rotatable bonds is 3. The predicted molar refractivity (Wildman–Crippen MR) is 63.0 cm³/mol. The van der Waals surface area contributed by atoms with E-state index in [-0.39, 0.29) is 0 Å². The van der Waals surface area contributed by atoms with Crippen molar-refractivity contribution < 1.29 is 4.42 Å². The molecule has 0 fully saturated rings. The summed E-state index contributed by atoms with van der Waals surface area (Å²) < 4.78 is 7.36. The van der Waals surface area contributed by atoms with Crippen molar-refractivity contribution in [2.45, 2.75) is 33.9 Å². The van der Waals surface area contributed by atoms with E-state index in [1.807, 2.05) is 17.7 Å². The van der Waals surface area contributed by atoms with Crippen molar-refractivity contribution in [1.29, 1.82) is 0 Å². The van der Waals surface area contributed by atoms with Gasteiger partial charge in [-0.1, -0.05) is 0 Å². The summed E-state index contributed by atoms with van der Waals surface area (Å²) in [6, 6.07) is 1.96. The Morgan fingerprint density at radius 1 is 1.44 bits per heavy atom. The van der Waals surface area contributed by atoms with Gasteiger partial charge in [-0.3, -0.25) is 4.68 Å². The number of nitrogens with two attached hydrogens (primary N) is 1. The molecule has 16 heavy (non-hydrogen) atoms. The first-order valence-corrected chi connectivity index (χ1v) is 5.49. The maximum absolute atomic E-state index is 5.65. The predicted octanol–water partition coefficient (Wildman–Crippen LogP) is 2.24. The van der Waals surface area contributed by atoms with E-state index in [1.165, 1.54) is 0 Å². The van der Waals surface area contributed by atoms with E-state index >= 15 is 0 Å². The van der Waals surface area contributed by atoms with Crippen molar-refractivity contribution in [3.05, 3.63) is 29.5 Å². The van der Waals surface area contributed by atoms with Crippen LogP contribution in [0.25, 0.3) is 11.1 Å². The largest absolute Gasteiger partial charge is 0.467 e. The van der Waals surface area contributed by atoms with Crippen molar-refractivity contribution in [1.82, 2.24) is 9.78 Å². The van der Waals surface area contributed by atoms with Gasteiger partial charge in [0, 0.05) is 23.4 Å². The Bertz CT molecular complexity index is 496. The van der Waals surface area contributed by atoms with Gasteiger partial charge in [0.25, 0.3) is 0 Å². The van der Waals surface area contributed by atoms with E-state index in [0.717, 1.165) is 34.8 Å². The highest BCUT2D eigenvalue weighted by Crippen LogP contribution is 2.30. The van der Waals surface area contributed by atoms with Crippen LogP contribution in [0.2, 0.25) is 0 Å².